The maximum atomic E-state index is 6.16. The first-order chi connectivity index (χ1) is 10.3. The number of anilines is 1. The van der Waals surface area contributed by atoms with E-state index in [1.807, 2.05) is 23.6 Å². The van der Waals surface area contributed by atoms with E-state index in [-0.39, 0.29) is 6.04 Å². The summed E-state index contributed by atoms with van der Waals surface area (Å²) in [5.74, 6) is 1.14. The molecule has 1 atom stereocenters. The van der Waals surface area contributed by atoms with E-state index in [2.05, 4.69) is 40.4 Å². The lowest BCUT2D eigenvalue weighted by molar-refractivity contribution is 0.641. The van der Waals surface area contributed by atoms with Crippen molar-refractivity contribution in [1.29, 1.82) is 0 Å². The largest absolute Gasteiger partial charge is 0.348 e. The molecule has 0 aromatic carbocycles. The summed E-state index contributed by atoms with van der Waals surface area (Å²) < 4.78 is 0. The van der Waals surface area contributed by atoms with Crippen LogP contribution in [0.2, 0.25) is 0 Å². The third kappa shape index (κ3) is 3.63. The molecule has 1 aliphatic rings. The van der Waals surface area contributed by atoms with E-state index in [0.29, 0.717) is 6.04 Å². The van der Waals surface area contributed by atoms with Crippen LogP contribution in [0.3, 0.4) is 0 Å². The molecule has 0 radical (unpaired) electrons. The monoisotopic (exact) mass is 301 g/mol. The summed E-state index contributed by atoms with van der Waals surface area (Å²) in [5, 5.41) is 2.15. The lowest BCUT2D eigenvalue weighted by atomic mass is 10.0. The predicted octanol–water partition coefficient (Wildman–Crippen LogP) is 3.59. The summed E-state index contributed by atoms with van der Waals surface area (Å²) in [6, 6.07) is 9.41. The minimum Gasteiger partial charge on any atom is -0.348 e. The van der Waals surface area contributed by atoms with Gasteiger partial charge in [0, 0.05) is 23.2 Å². The van der Waals surface area contributed by atoms with Gasteiger partial charge >= 0.3 is 0 Å². The number of nitrogens with two attached hydrogens (primary N) is 1. The Morgan fingerprint density at radius 3 is 2.90 bits per heavy atom. The fraction of sp³-hybridized carbons (Fsp3) is 0.471. The molecular weight excluding hydrogens is 278 g/mol. The molecule has 21 heavy (non-hydrogen) atoms. The van der Waals surface area contributed by atoms with Crippen LogP contribution in [0.1, 0.15) is 36.6 Å². The van der Waals surface area contributed by atoms with Gasteiger partial charge in [0.15, 0.2) is 0 Å². The Balaban J connectivity index is 1.85. The Bertz CT molecular complexity index is 563. The van der Waals surface area contributed by atoms with E-state index < -0.39 is 0 Å². The quantitative estimate of drug-likeness (QED) is 0.849. The average molecular weight is 301 g/mol. The number of aromatic nitrogens is 1. The fourth-order valence-electron chi connectivity index (χ4n) is 2.61. The molecule has 4 heteroatoms. The van der Waals surface area contributed by atoms with Crippen LogP contribution in [-0.2, 0) is 13.0 Å². The topological polar surface area (TPSA) is 42.1 Å². The second kappa shape index (κ2) is 6.58. The molecule has 1 aliphatic carbocycles. The molecule has 2 aromatic rings. The zero-order chi connectivity index (χ0) is 14.7. The molecule has 1 saturated carbocycles. The van der Waals surface area contributed by atoms with Crippen LogP contribution >= 0.6 is 11.3 Å². The van der Waals surface area contributed by atoms with Crippen molar-refractivity contribution in [2.45, 2.75) is 51.2 Å². The first-order valence-electron chi connectivity index (χ1n) is 7.76. The summed E-state index contributed by atoms with van der Waals surface area (Å²) in [6.07, 6.45) is 6.37. The highest BCUT2D eigenvalue weighted by molar-refractivity contribution is 7.09. The number of nitrogens with zero attached hydrogens (tertiary/aromatic N) is 2. The van der Waals surface area contributed by atoms with Gasteiger partial charge in [-0.25, -0.2) is 4.98 Å². The Labute approximate surface area is 130 Å². The van der Waals surface area contributed by atoms with Crippen LogP contribution in [0.15, 0.2) is 35.8 Å². The van der Waals surface area contributed by atoms with E-state index in [1.54, 1.807) is 0 Å². The Morgan fingerprint density at radius 1 is 1.38 bits per heavy atom. The van der Waals surface area contributed by atoms with Crippen LogP contribution in [0.25, 0.3) is 0 Å². The van der Waals surface area contributed by atoms with Crippen molar-refractivity contribution in [3.05, 3.63) is 46.3 Å². The summed E-state index contributed by atoms with van der Waals surface area (Å²) in [6.45, 7) is 3.11. The molecule has 3 rings (SSSR count). The minimum absolute atomic E-state index is 0.218. The van der Waals surface area contributed by atoms with Crippen molar-refractivity contribution in [3.63, 3.8) is 0 Å². The van der Waals surface area contributed by atoms with Gasteiger partial charge in [0.25, 0.3) is 0 Å². The second-order valence-electron chi connectivity index (χ2n) is 5.80. The summed E-state index contributed by atoms with van der Waals surface area (Å²) >= 11 is 1.82. The molecule has 112 valence electrons. The lowest BCUT2D eigenvalue weighted by Crippen LogP contribution is -2.29. The van der Waals surface area contributed by atoms with Crippen LogP contribution in [0, 0.1) is 0 Å². The van der Waals surface area contributed by atoms with Gasteiger partial charge in [0.2, 0.25) is 0 Å². The average Bonchev–Trinajstić information content (AvgIpc) is 3.22. The van der Waals surface area contributed by atoms with E-state index in [4.69, 9.17) is 5.73 Å². The van der Waals surface area contributed by atoms with E-state index in [9.17, 15) is 0 Å². The zero-order valence-electron chi connectivity index (χ0n) is 12.5. The highest BCUT2D eigenvalue weighted by Gasteiger charge is 2.31. The van der Waals surface area contributed by atoms with Gasteiger partial charge in [-0.15, -0.1) is 11.3 Å². The molecule has 1 unspecified atom stereocenters. The SMILES string of the molecule is CCC(N)Cc1cccnc1N(Cc1cccs1)C1CC1. The highest BCUT2D eigenvalue weighted by Crippen LogP contribution is 2.34. The van der Waals surface area contributed by atoms with Crippen molar-refractivity contribution in [1.82, 2.24) is 4.98 Å². The first kappa shape index (κ1) is 14.5. The number of rotatable bonds is 7. The van der Waals surface area contributed by atoms with Gasteiger partial charge in [-0.1, -0.05) is 19.1 Å². The van der Waals surface area contributed by atoms with E-state index >= 15 is 0 Å². The summed E-state index contributed by atoms with van der Waals surface area (Å²) in [4.78, 5) is 8.56. The van der Waals surface area contributed by atoms with Gasteiger partial charge in [-0.05, 0) is 48.8 Å². The highest BCUT2D eigenvalue weighted by atomic mass is 32.1. The first-order valence-corrected chi connectivity index (χ1v) is 8.64. The van der Waals surface area contributed by atoms with Crippen molar-refractivity contribution < 1.29 is 0 Å². The second-order valence-corrected chi connectivity index (χ2v) is 6.83. The van der Waals surface area contributed by atoms with Crippen LogP contribution < -0.4 is 10.6 Å². The Hall–Kier alpha value is -1.39. The van der Waals surface area contributed by atoms with E-state index in [1.165, 1.54) is 23.3 Å². The maximum absolute atomic E-state index is 6.16. The van der Waals surface area contributed by atoms with E-state index in [0.717, 1.165) is 25.2 Å². The van der Waals surface area contributed by atoms with Crippen molar-refractivity contribution in [2.75, 3.05) is 4.90 Å². The summed E-state index contributed by atoms with van der Waals surface area (Å²) in [7, 11) is 0. The number of hydrogen-bond donors (Lipinski definition) is 1. The molecule has 2 heterocycles. The maximum Gasteiger partial charge on any atom is 0.132 e. The van der Waals surface area contributed by atoms with Crippen molar-refractivity contribution in [3.8, 4) is 0 Å². The van der Waals surface area contributed by atoms with Gasteiger partial charge in [-0.2, -0.15) is 0 Å². The smallest absolute Gasteiger partial charge is 0.132 e. The van der Waals surface area contributed by atoms with Crippen LogP contribution in [-0.4, -0.2) is 17.1 Å². The van der Waals surface area contributed by atoms with Crippen LogP contribution in [0.5, 0.6) is 0 Å². The van der Waals surface area contributed by atoms with Gasteiger partial charge < -0.3 is 10.6 Å². The fourth-order valence-corrected chi connectivity index (χ4v) is 3.31. The molecule has 3 nitrogen and oxygen atoms in total. The third-order valence-electron chi connectivity index (χ3n) is 4.04. The van der Waals surface area contributed by atoms with Crippen molar-refractivity contribution >= 4 is 17.2 Å². The molecule has 0 aliphatic heterocycles. The van der Waals surface area contributed by atoms with Gasteiger partial charge in [0.05, 0.1) is 6.54 Å². The number of hydrogen-bond acceptors (Lipinski definition) is 4. The van der Waals surface area contributed by atoms with Crippen LogP contribution in [0.4, 0.5) is 5.82 Å². The standard InChI is InChI=1S/C17H23N3S/c1-2-14(18)11-13-5-3-9-19-17(13)20(15-7-8-15)12-16-6-4-10-21-16/h3-6,9-10,14-15H,2,7-8,11-12,18H2,1H3. The Kier molecular flexibility index (Phi) is 4.56. The molecule has 2 N–H and O–H groups in total. The zero-order valence-corrected chi connectivity index (χ0v) is 13.4. The van der Waals surface area contributed by atoms with Crippen molar-refractivity contribution in [2.24, 2.45) is 5.73 Å². The molecule has 0 saturated heterocycles. The predicted molar refractivity (Wildman–Crippen MR) is 89.7 cm³/mol. The van der Waals surface area contributed by atoms with Gasteiger partial charge in [-0.3, -0.25) is 0 Å². The number of thiophene rings is 1. The number of pyridine rings is 1. The summed E-state index contributed by atoms with van der Waals surface area (Å²) in [5.41, 5.74) is 7.44. The molecule has 0 spiro atoms. The molecule has 2 aromatic heterocycles. The normalized spacial score (nSPS) is 15.9. The Morgan fingerprint density at radius 2 is 2.24 bits per heavy atom. The molecule has 0 bridgehead atoms. The molecular formula is C17H23N3S. The van der Waals surface area contributed by atoms with Gasteiger partial charge in [0.1, 0.15) is 5.82 Å². The lowest BCUT2D eigenvalue weighted by Gasteiger charge is -2.26. The molecule has 0 amide bonds. The molecule has 1 fully saturated rings. The third-order valence-corrected chi connectivity index (χ3v) is 4.90. The minimum atomic E-state index is 0.218.